The fourth-order valence-electron chi connectivity index (χ4n) is 4.58. The number of ether oxygens (including phenoxy) is 1. The molecule has 0 spiro atoms. The van der Waals surface area contributed by atoms with Crippen molar-refractivity contribution in [3.63, 3.8) is 0 Å². The van der Waals surface area contributed by atoms with Crippen molar-refractivity contribution >= 4 is 23.2 Å². The first kappa shape index (κ1) is 30.3. The molecule has 8 heteroatoms. The number of nitrogens with zero attached hydrogens (tertiary/aromatic N) is 1. The summed E-state index contributed by atoms with van der Waals surface area (Å²) in [5.41, 5.74) is 3.50. The smallest absolute Gasteiger partial charge is 0.251 e. The lowest BCUT2D eigenvalue weighted by molar-refractivity contribution is -0.117. The molecule has 2 aromatic carbocycles. The zero-order valence-corrected chi connectivity index (χ0v) is 23.8. The molecular weight excluding hydrogens is 492 g/mol. The van der Waals surface area contributed by atoms with E-state index in [0.717, 1.165) is 23.2 Å². The number of carbonyl (C=O) groups excluding carboxylic acids is 2. The number of benzene rings is 2. The van der Waals surface area contributed by atoms with Gasteiger partial charge < -0.3 is 30.7 Å². The van der Waals surface area contributed by atoms with Gasteiger partial charge >= 0.3 is 0 Å². The van der Waals surface area contributed by atoms with E-state index in [0.29, 0.717) is 50.4 Å². The largest absolute Gasteiger partial charge is 0.390 e. The maximum atomic E-state index is 13.6. The summed E-state index contributed by atoms with van der Waals surface area (Å²) in [6.45, 7) is 14.3. The first-order valence-electron chi connectivity index (χ1n) is 13.8. The molecule has 0 saturated carbocycles. The highest BCUT2D eigenvalue weighted by Gasteiger charge is 2.27. The molecular formula is C31H44N4O4. The number of aliphatic hydroxyl groups excluding tert-OH is 1. The van der Waals surface area contributed by atoms with E-state index in [1.807, 2.05) is 64.1 Å². The topological polar surface area (TPSA) is 103 Å². The van der Waals surface area contributed by atoms with Gasteiger partial charge in [0.05, 0.1) is 25.4 Å². The van der Waals surface area contributed by atoms with E-state index in [1.54, 1.807) is 17.0 Å². The number of nitrogens with one attached hydrogen (secondary N) is 3. The van der Waals surface area contributed by atoms with Crippen LogP contribution in [0.1, 0.15) is 56.5 Å². The van der Waals surface area contributed by atoms with Crippen LogP contribution in [0.2, 0.25) is 0 Å². The number of rotatable bonds is 15. The fraction of sp³-hybridized carbons (Fsp3) is 0.484. The zero-order valence-electron chi connectivity index (χ0n) is 23.8. The van der Waals surface area contributed by atoms with Crippen LogP contribution >= 0.6 is 0 Å². The molecule has 0 aromatic heterocycles. The van der Waals surface area contributed by atoms with E-state index < -0.39 is 12.1 Å². The molecule has 0 radical (unpaired) electrons. The van der Waals surface area contributed by atoms with Crippen LogP contribution in [0.3, 0.4) is 0 Å². The third kappa shape index (κ3) is 9.49. The molecule has 1 saturated heterocycles. The van der Waals surface area contributed by atoms with Crippen molar-refractivity contribution in [1.82, 2.24) is 10.6 Å². The Hall–Kier alpha value is -3.20. The van der Waals surface area contributed by atoms with Gasteiger partial charge in [-0.3, -0.25) is 9.59 Å². The Morgan fingerprint density at radius 1 is 1.21 bits per heavy atom. The third-order valence-electron chi connectivity index (χ3n) is 6.63. The van der Waals surface area contributed by atoms with E-state index in [9.17, 15) is 14.7 Å². The summed E-state index contributed by atoms with van der Waals surface area (Å²) in [6, 6.07) is 14.7. The van der Waals surface area contributed by atoms with Crippen molar-refractivity contribution < 1.29 is 19.4 Å². The normalized spacial score (nSPS) is 15.2. The van der Waals surface area contributed by atoms with Gasteiger partial charge in [-0.15, -0.1) is 0 Å². The predicted molar refractivity (Wildman–Crippen MR) is 157 cm³/mol. The lowest BCUT2D eigenvalue weighted by atomic mass is 9.99. The minimum atomic E-state index is -0.855. The Balaban J connectivity index is 1.77. The van der Waals surface area contributed by atoms with Crippen LogP contribution in [0.15, 0.2) is 60.7 Å². The maximum Gasteiger partial charge on any atom is 0.251 e. The Labute approximate surface area is 232 Å². The van der Waals surface area contributed by atoms with Crippen molar-refractivity contribution in [2.45, 2.75) is 64.6 Å². The molecule has 212 valence electrons. The monoisotopic (exact) mass is 536 g/mol. The molecule has 0 aliphatic carbocycles. The number of hydrogen-bond donors (Lipinski definition) is 4. The fourth-order valence-corrected chi connectivity index (χ4v) is 4.58. The molecule has 1 aliphatic heterocycles. The number of amides is 2. The lowest BCUT2D eigenvalue weighted by Crippen LogP contribution is -2.53. The Kier molecular flexibility index (Phi) is 11.1. The first-order chi connectivity index (χ1) is 18.6. The molecule has 2 amide bonds. The quantitative estimate of drug-likeness (QED) is 0.258. The number of β-amino-alcohol motifs (C(OH)–C–C–N with tert-alkyl or cyclic N) is 1. The average Bonchev–Trinajstić information content (AvgIpc) is 3.33. The number of hydrogen-bond acceptors (Lipinski definition) is 6. The Bertz CT molecular complexity index is 1120. The van der Waals surface area contributed by atoms with Crippen LogP contribution < -0.4 is 20.9 Å². The second kappa shape index (κ2) is 14.3. The molecule has 39 heavy (non-hydrogen) atoms. The maximum absolute atomic E-state index is 13.6. The summed E-state index contributed by atoms with van der Waals surface area (Å²) in [4.78, 5) is 27.7. The Morgan fingerprint density at radius 2 is 1.95 bits per heavy atom. The number of carbonyl (C=O) groups is 2. The van der Waals surface area contributed by atoms with Gasteiger partial charge in [0.1, 0.15) is 0 Å². The van der Waals surface area contributed by atoms with Crippen LogP contribution in [0, 0.1) is 0 Å². The summed E-state index contributed by atoms with van der Waals surface area (Å²) in [6.07, 6.45) is 0.927. The minimum absolute atomic E-state index is 0.0632. The molecule has 0 bridgehead atoms. The molecule has 2 atom stereocenters. The third-order valence-corrected chi connectivity index (χ3v) is 6.63. The van der Waals surface area contributed by atoms with E-state index in [2.05, 4.69) is 22.5 Å². The van der Waals surface area contributed by atoms with E-state index in [1.165, 1.54) is 0 Å². The second-order valence-corrected chi connectivity index (χ2v) is 11.0. The number of aliphatic hydroxyl groups is 1. The van der Waals surface area contributed by atoms with Crippen LogP contribution in [0.4, 0.5) is 11.4 Å². The van der Waals surface area contributed by atoms with Crippen LogP contribution in [0.5, 0.6) is 0 Å². The van der Waals surface area contributed by atoms with Crippen molar-refractivity contribution in [1.29, 1.82) is 0 Å². The lowest BCUT2D eigenvalue weighted by Gasteiger charge is -2.31. The average molecular weight is 537 g/mol. The highest BCUT2D eigenvalue weighted by Crippen LogP contribution is 2.27. The van der Waals surface area contributed by atoms with Gasteiger partial charge in [-0.25, -0.2) is 0 Å². The molecule has 0 unspecified atom stereocenters. The Morgan fingerprint density at radius 3 is 2.59 bits per heavy atom. The molecule has 3 rings (SSSR count). The highest BCUT2D eigenvalue weighted by atomic mass is 16.5. The second-order valence-electron chi connectivity index (χ2n) is 11.0. The summed E-state index contributed by atoms with van der Waals surface area (Å²) in [7, 11) is 0. The van der Waals surface area contributed by atoms with Crippen molar-refractivity contribution in [3.05, 3.63) is 71.8 Å². The number of anilines is 2. The van der Waals surface area contributed by atoms with E-state index >= 15 is 0 Å². The summed E-state index contributed by atoms with van der Waals surface area (Å²) in [5.74, 6) is -0.236. The molecule has 8 nitrogen and oxygen atoms in total. The summed E-state index contributed by atoms with van der Waals surface area (Å²) < 4.78 is 5.72. The van der Waals surface area contributed by atoms with E-state index in [-0.39, 0.29) is 23.9 Å². The zero-order chi connectivity index (χ0) is 28.4. The minimum Gasteiger partial charge on any atom is -0.390 e. The molecule has 2 aromatic rings. The standard InChI is InChI=1S/C31H44N4O4/c1-6-32-25-16-24(17-26(18-25)35-14-10-13-29(35)37)30(38)34-27(15-23-11-8-7-9-12-23)28(36)19-33-31(4,5)21-39-20-22(2)3/h7-9,11-12,16-18,27-28,32-33,36H,2,6,10,13-15,19-21H2,1,3-5H3,(H,34,38)/t27-,28+/m0/s1. The summed E-state index contributed by atoms with van der Waals surface area (Å²) >= 11 is 0. The van der Waals surface area contributed by atoms with Gasteiger partial charge in [-0.05, 0) is 64.3 Å². The van der Waals surface area contributed by atoms with Gasteiger partial charge in [0.15, 0.2) is 0 Å². The highest BCUT2D eigenvalue weighted by molar-refractivity contribution is 6.00. The predicted octanol–water partition coefficient (Wildman–Crippen LogP) is 3.91. The van der Waals surface area contributed by atoms with Gasteiger partial charge in [0, 0.05) is 48.5 Å². The van der Waals surface area contributed by atoms with Gasteiger partial charge in [-0.2, -0.15) is 0 Å². The van der Waals surface area contributed by atoms with Crippen molar-refractivity contribution in [3.8, 4) is 0 Å². The summed E-state index contributed by atoms with van der Waals surface area (Å²) in [5, 5.41) is 21.0. The molecule has 1 heterocycles. The molecule has 4 N–H and O–H groups in total. The first-order valence-corrected chi connectivity index (χ1v) is 13.8. The van der Waals surface area contributed by atoms with Crippen molar-refractivity contribution in [2.24, 2.45) is 0 Å². The SMILES string of the molecule is C=C(C)COCC(C)(C)NC[C@@H](O)[C@H](Cc1ccccc1)NC(=O)c1cc(NCC)cc(N2CCCC2=O)c1. The van der Waals surface area contributed by atoms with Gasteiger partial charge in [0.2, 0.25) is 5.91 Å². The van der Waals surface area contributed by atoms with E-state index in [4.69, 9.17) is 4.74 Å². The van der Waals surface area contributed by atoms with Crippen LogP contribution in [-0.2, 0) is 16.0 Å². The van der Waals surface area contributed by atoms with Crippen LogP contribution in [-0.4, -0.2) is 67.5 Å². The van der Waals surface area contributed by atoms with Gasteiger partial charge in [-0.1, -0.05) is 42.5 Å². The van der Waals surface area contributed by atoms with Crippen molar-refractivity contribution in [2.75, 3.05) is 43.1 Å². The van der Waals surface area contributed by atoms with Gasteiger partial charge in [0.25, 0.3) is 5.91 Å². The molecule has 1 fully saturated rings. The van der Waals surface area contributed by atoms with Crippen LogP contribution in [0.25, 0.3) is 0 Å². The molecule has 1 aliphatic rings.